The van der Waals surface area contributed by atoms with Gasteiger partial charge in [0.15, 0.2) is 0 Å². The number of benzene rings is 2. The summed E-state index contributed by atoms with van der Waals surface area (Å²) >= 11 is 0. The van der Waals surface area contributed by atoms with Crippen molar-refractivity contribution in [1.82, 2.24) is 4.90 Å². The Morgan fingerprint density at radius 2 is 1.91 bits per heavy atom. The molecule has 120 valence electrons. The zero-order valence-electron chi connectivity index (χ0n) is 13.6. The van der Waals surface area contributed by atoms with E-state index in [-0.39, 0.29) is 5.97 Å². The van der Waals surface area contributed by atoms with Gasteiger partial charge in [-0.25, -0.2) is 4.79 Å². The van der Waals surface area contributed by atoms with Crippen LogP contribution in [0.4, 0.5) is 5.69 Å². The molecule has 0 bridgehead atoms. The highest BCUT2D eigenvalue weighted by atomic mass is 16.5. The first-order chi connectivity index (χ1) is 11.1. The highest BCUT2D eigenvalue weighted by Gasteiger charge is 2.19. The van der Waals surface area contributed by atoms with Gasteiger partial charge in [0, 0.05) is 18.8 Å². The number of hydrogen-bond donors (Lipinski definition) is 1. The Morgan fingerprint density at radius 1 is 1.17 bits per heavy atom. The molecular formula is C19H22N2O2. The van der Waals surface area contributed by atoms with E-state index >= 15 is 0 Å². The molecule has 0 saturated heterocycles. The van der Waals surface area contributed by atoms with Gasteiger partial charge in [-0.2, -0.15) is 0 Å². The highest BCUT2D eigenvalue weighted by molar-refractivity contribution is 5.90. The zero-order valence-corrected chi connectivity index (χ0v) is 13.6. The van der Waals surface area contributed by atoms with Crippen molar-refractivity contribution in [3.05, 3.63) is 53.1 Å². The molecule has 0 unspecified atom stereocenters. The molecule has 1 aliphatic rings. The number of rotatable bonds is 3. The van der Waals surface area contributed by atoms with Crippen molar-refractivity contribution in [2.45, 2.75) is 19.9 Å². The summed E-state index contributed by atoms with van der Waals surface area (Å²) in [5.74, 6) is -0.278. The predicted octanol–water partition coefficient (Wildman–Crippen LogP) is 3.10. The summed E-state index contributed by atoms with van der Waals surface area (Å²) in [7, 11) is 2.11. The van der Waals surface area contributed by atoms with Gasteiger partial charge >= 0.3 is 5.97 Å². The van der Waals surface area contributed by atoms with Crippen LogP contribution in [0.25, 0.3) is 11.1 Å². The topological polar surface area (TPSA) is 55.6 Å². The Morgan fingerprint density at radius 3 is 2.61 bits per heavy atom. The van der Waals surface area contributed by atoms with Crippen LogP contribution in [-0.2, 0) is 17.7 Å². The van der Waals surface area contributed by atoms with Gasteiger partial charge < -0.3 is 15.4 Å². The Balaban J connectivity index is 1.96. The molecule has 1 heterocycles. The SMILES string of the molecule is CCOC(=O)c1ccc(-c2ccc(N)c3c2CCN(C)C3)cc1. The number of likely N-dealkylation sites (N-methyl/N-ethyl adjacent to an activating group) is 1. The van der Waals surface area contributed by atoms with Crippen molar-refractivity contribution in [3.8, 4) is 11.1 Å². The second-order valence-corrected chi connectivity index (χ2v) is 5.95. The first-order valence-corrected chi connectivity index (χ1v) is 7.96. The van der Waals surface area contributed by atoms with Crippen LogP contribution in [-0.4, -0.2) is 31.1 Å². The van der Waals surface area contributed by atoms with Gasteiger partial charge in [-0.15, -0.1) is 0 Å². The van der Waals surface area contributed by atoms with Crippen LogP contribution >= 0.6 is 0 Å². The third kappa shape index (κ3) is 3.08. The van der Waals surface area contributed by atoms with Gasteiger partial charge in [-0.1, -0.05) is 18.2 Å². The number of nitrogens with zero attached hydrogens (tertiary/aromatic N) is 1. The fourth-order valence-corrected chi connectivity index (χ4v) is 3.11. The number of nitrogens with two attached hydrogens (primary N) is 1. The third-order valence-corrected chi connectivity index (χ3v) is 4.35. The third-order valence-electron chi connectivity index (χ3n) is 4.35. The Labute approximate surface area is 136 Å². The van der Waals surface area contributed by atoms with Gasteiger partial charge in [-0.05, 0) is 60.8 Å². The number of fused-ring (bicyclic) bond motifs is 1. The average molecular weight is 310 g/mol. The fourth-order valence-electron chi connectivity index (χ4n) is 3.11. The normalized spacial score (nSPS) is 14.3. The minimum Gasteiger partial charge on any atom is -0.462 e. The molecule has 2 aromatic carbocycles. The van der Waals surface area contributed by atoms with Gasteiger partial charge in [0.1, 0.15) is 0 Å². The van der Waals surface area contributed by atoms with E-state index in [1.54, 1.807) is 0 Å². The monoisotopic (exact) mass is 310 g/mol. The number of ether oxygens (including phenoxy) is 1. The summed E-state index contributed by atoms with van der Waals surface area (Å²) in [6, 6.07) is 11.7. The molecule has 2 N–H and O–H groups in total. The van der Waals surface area contributed by atoms with Crippen LogP contribution in [0.2, 0.25) is 0 Å². The minimum atomic E-state index is -0.278. The first-order valence-electron chi connectivity index (χ1n) is 7.96. The maximum Gasteiger partial charge on any atom is 0.338 e. The largest absolute Gasteiger partial charge is 0.462 e. The lowest BCUT2D eigenvalue weighted by molar-refractivity contribution is 0.0526. The number of hydrogen-bond acceptors (Lipinski definition) is 4. The molecular weight excluding hydrogens is 288 g/mol. The van der Waals surface area contributed by atoms with Crippen LogP contribution in [0.5, 0.6) is 0 Å². The molecule has 0 aromatic heterocycles. The van der Waals surface area contributed by atoms with E-state index in [9.17, 15) is 4.79 Å². The minimum absolute atomic E-state index is 0.278. The zero-order chi connectivity index (χ0) is 16.4. The lowest BCUT2D eigenvalue weighted by Crippen LogP contribution is -2.27. The molecule has 0 fully saturated rings. The number of esters is 1. The smallest absolute Gasteiger partial charge is 0.338 e. The van der Waals surface area contributed by atoms with Crippen LogP contribution in [0.15, 0.2) is 36.4 Å². The highest BCUT2D eigenvalue weighted by Crippen LogP contribution is 2.33. The molecule has 0 amide bonds. The predicted molar refractivity (Wildman–Crippen MR) is 92.3 cm³/mol. The molecule has 0 radical (unpaired) electrons. The van der Waals surface area contributed by atoms with Crippen LogP contribution in [0.1, 0.15) is 28.4 Å². The number of carbonyl (C=O) groups is 1. The molecule has 3 rings (SSSR count). The molecule has 0 saturated carbocycles. The Hall–Kier alpha value is -2.33. The summed E-state index contributed by atoms with van der Waals surface area (Å²) in [6.07, 6.45) is 0.992. The van der Waals surface area contributed by atoms with Crippen LogP contribution in [0, 0.1) is 0 Å². The maximum absolute atomic E-state index is 11.8. The van der Waals surface area contributed by atoms with Gasteiger partial charge in [0.25, 0.3) is 0 Å². The first kappa shape index (κ1) is 15.6. The maximum atomic E-state index is 11.8. The quantitative estimate of drug-likeness (QED) is 0.699. The molecule has 0 aliphatic carbocycles. The number of carbonyl (C=O) groups excluding carboxylic acids is 1. The molecule has 4 heteroatoms. The standard InChI is InChI=1S/C19H22N2O2/c1-3-23-19(22)14-6-4-13(5-7-14)15-8-9-18(20)17-12-21(2)11-10-16(15)17/h4-9H,3,10-12,20H2,1-2H3. The number of nitrogen functional groups attached to an aromatic ring is 1. The second-order valence-electron chi connectivity index (χ2n) is 5.95. The molecule has 1 aliphatic heterocycles. The van der Waals surface area contributed by atoms with Gasteiger partial charge in [-0.3, -0.25) is 0 Å². The molecule has 23 heavy (non-hydrogen) atoms. The summed E-state index contributed by atoms with van der Waals surface area (Å²) < 4.78 is 5.03. The summed E-state index contributed by atoms with van der Waals surface area (Å²) in [5, 5.41) is 0. The van der Waals surface area contributed by atoms with Crippen molar-refractivity contribution in [3.63, 3.8) is 0 Å². The lowest BCUT2D eigenvalue weighted by atomic mass is 9.89. The molecule has 4 nitrogen and oxygen atoms in total. The van der Waals surface area contributed by atoms with Crippen molar-refractivity contribution < 1.29 is 9.53 Å². The van der Waals surface area contributed by atoms with Crippen LogP contribution in [0.3, 0.4) is 0 Å². The fraction of sp³-hybridized carbons (Fsp3) is 0.316. The van der Waals surface area contributed by atoms with Gasteiger partial charge in [0.2, 0.25) is 0 Å². The second kappa shape index (κ2) is 6.42. The average Bonchev–Trinajstić information content (AvgIpc) is 2.56. The van der Waals surface area contributed by atoms with E-state index in [1.807, 2.05) is 37.3 Å². The summed E-state index contributed by atoms with van der Waals surface area (Å²) in [4.78, 5) is 14.0. The van der Waals surface area contributed by atoms with E-state index in [0.29, 0.717) is 12.2 Å². The Bertz CT molecular complexity index is 723. The van der Waals surface area contributed by atoms with E-state index in [4.69, 9.17) is 10.5 Å². The lowest BCUT2D eigenvalue weighted by Gasteiger charge is -2.28. The summed E-state index contributed by atoms with van der Waals surface area (Å²) in [6.45, 7) is 4.11. The molecule has 0 atom stereocenters. The van der Waals surface area contributed by atoms with Crippen molar-refractivity contribution in [2.24, 2.45) is 0 Å². The van der Waals surface area contributed by atoms with E-state index in [0.717, 1.165) is 30.8 Å². The molecule has 0 spiro atoms. The van der Waals surface area contributed by atoms with Crippen LogP contribution < -0.4 is 5.73 Å². The van der Waals surface area contributed by atoms with Gasteiger partial charge in [0.05, 0.1) is 12.2 Å². The van der Waals surface area contributed by atoms with E-state index < -0.39 is 0 Å². The van der Waals surface area contributed by atoms with E-state index in [2.05, 4.69) is 18.0 Å². The number of anilines is 1. The van der Waals surface area contributed by atoms with E-state index in [1.165, 1.54) is 16.7 Å². The summed E-state index contributed by atoms with van der Waals surface area (Å²) in [5.41, 5.74) is 12.5. The van der Waals surface area contributed by atoms with Crippen molar-refractivity contribution in [2.75, 3.05) is 25.9 Å². The van der Waals surface area contributed by atoms with Crippen molar-refractivity contribution >= 4 is 11.7 Å². The molecule has 2 aromatic rings. The Kier molecular flexibility index (Phi) is 4.35. The van der Waals surface area contributed by atoms with Crippen molar-refractivity contribution in [1.29, 1.82) is 0 Å².